The average molecular weight is 666 g/mol. The van der Waals surface area contributed by atoms with E-state index < -0.39 is 0 Å². The van der Waals surface area contributed by atoms with Crippen molar-refractivity contribution in [1.29, 1.82) is 5.26 Å². The Morgan fingerprint density at radius 1 is 1.08 bits per heavy atom. The fraction of sp³-hybridized carbons (Fsp3) is 0.475. The van der Waals surface area contributed by atoms with Crippen molar-refractivity contribution >= 4 is 5.91 Å². The van der Waals surface area contributed by atoms with Gasteiger partial charge in [-0.05, 0) is 79.6 Å². The molecule has 1 aromatic heterocycles. The quantitative estimate of drug-likeness (QED) is 0.206. The summed E-state index contributed by atoms with van der Waals surface area (Å²) >= 11 is 0. The summed E-state index contributed by atoms with van der Waals surface area (Å²) in [6.45, 7) is 15.9. The van der Waals surface area contributed by atoms with Crippen LogP contribution in [-0.4, -0.2) is 72.1 Å². The molecule has 9 heteroatoms. The van der Waals surface area contributed by atoms with Crippen LogP contribution >= 0.6 is 0 Å². The monoisotopic (exact) mass is 665 g/mol. The van der Waals surface area contributed by atoms with E-state index >= 15 is 0 Å². The molecule has 0 radical (unpaired) electrons. The van der Waals surface area contributed by atoms with Crippen LogP contribution in [-0.2, 0) is 31.4 Å². The number of pyridine rings is 1. The van der Waals surface area contributed by atoms with Crippen LogP contribution in [0.15, 0.2) is 53.0 Å². The molecule has 5 rings (SSSR count). The predicted octanol–water partition coefficient (Wildman–Crippen LogP) is 5.94. The number of nitrogens with zero attached hydrogens (tertiary/aromatic N) is 5. The van der Waals surface area contributed by atoms with Crippen molar-refractivity contribution in [2.24, 2.45) is 12.5 Å². The van der Waals surface area contributed by atoms with Gasteiger partial charge in [-0.25, -0.2) is 0 Å². The van der Waals surface area contributed by atoms with Crippen LogP contribution in [0.4, 0.5) is 0 Å². The highest BCUT2D eigenvalue weighted by atomic mass is 16.5. The van der Waals surface area contributed by atoms with Gasteiger partial charge in [0.1, 0.15) is 23.1 Å². The maximum absolute atomic E-state index is 13.4. The lowest BCUT2D eigenvalue weighted by Crippen LogP contribution is -2.57. The number of hydrogen-bond donors (Lipinski definition) is 0. The number of carbonyl (C=O) groups is 1. The first-order valence-corrected chi connectivity index (χ1v) is 17.1. The molecule has 0 spiro atoms. The molecule has 3 heterocycles. The van der Waals surface area contributed by atoms with Gasteiger partial charge in [0.2, 0.25) is 0 Å². The second kappa shape index (κ2) is 14.2. The van der Waals surface area contributed by atoms with E-state index in [0.717, 1.165) is 65.4 Å². The predicted molar refractivity (Wildman–Crippen MR) is 194 cm³/mol. The molecule has 2 aliphatic heterocycles. The number of nitriles is 1. The molecule has 0 aliphatic carbocycles. The van der Waals surface area contributed by atoms with Crippen molar-refractivity contribution in [2.75, 3.05) is 40.9 Å². The number of ether oxygens (including phenoxy) is 2. The minimum atomic E-state index is -0.251. The maximum Gasteiger partial charge on any atom is 0.264 e. The summed E-state index contributed by atoms with van der Waals surface area (Å²) in [5.74, 6) is 1.35. The van der Waals surface area contributed by atoms with Gasteiger partial charge in [-0.15, -0.1) is 0 Å². The highest BCUT2D eigenvalue weighted by molar-refractivity contribution is 5.97. The molecule has 1 saturated heterocycles. The van der Waals surface area contributed by atoms with E-state index in [9.17, 15) is 14.9 Å². The molecular weight excluding hydrogens is 614 g/mol. The molecule has 0 bridgehead atoms. The molecule has 1 amide bonds. The molecule has 2 aliphatic rings. The third kappa shape index (κ3) is 7.46. The average Bonchev–Trinajstić information content (AvgIpc) is 3.05. The van der Waals surface area contributed by atoms with E-state index in [1.165, 1.54) is 16.7 Å². The van der Waals surface area contributed by atoms with Crippen molar-refractivity contribution in [1.82, 2.24) is 19.3 Å². The Balaban J connectivity index is 1.25. The van der Waals surface area contributed by atoms with E-state index in [4.69, 9.17) is 9.47 Å². The number of rotatable bonds is 9. The van der Waals surface area contributed by atoms with E-state index in [1.807, 2.05) is 57.8 Å². The zero-order chi connectivity index (χ0) is 35.8. The number of carbonyl (C=O) groups excluding carboxylic acids is 1. The van der Waals surface area contributed by atoms with Gasteiger partial charge in [0.25, 0.3) is 11.5 Å². The Hall–Kier alpha value is -4.39. The van der Waals surface area contributed by atoms with E-state index in [1.54, 1.807) is 31.9 Å². The van der Waals surface area contributed by atoms with Crippen molar-refractivity contribution in [3.05, 3.63) is 91.9 Å². The zero-order valence-electron chi connectivity index (χ0n) is 30.8. The summed E-state index contributed by atoms with van der Waals surface area (Å²) in [5.41, 5.74) is 8.25. The standard InChI is InChI=1S/C40H51N5O4/c1-25-26(2)38(46)43(8)23-34(25)30-16-36(48-9)35(37(17-30)49-10)24-44-21-32(22-44)42(7)20-28-11-12-29-13-14-45(27(3)33(29)15-28)39(47)31(19-41)18-40(4,5)6/h11-12,15-18,23,27,32H,13-14,20-22,24H2,1-10H3. The van der Waals surface area contributed by atoms with Gasteiger partial charge in [-0.1, -0.05) is 45.0 Å². The molecule has 0 N–H and O–H groups in total. The molecule has 2 aromatic carbocycles. The largest absolute Gasteiger partial charge is 0.496 e. The lowest BCUT2D eigenvalue weighted by atomic mass is 9.90. The Bertz CT molecular complexity index is 1850. The summed E-state index contributed by atoms with van der Waals surface area (Å²) in [6.07, 6.45) is 4.44. The third-order valence-corrected chi connectivity index (χ3v) is 10.2. The summed E-state index contributed by atoms with van der Waals surface area (Å²) in [6, 6.07) is 13.2. The number of likely N-dealkylation sites (tertiary alicyclic amines) is 1. The second-order valence-corrected chi connectivity index (χ2v) is 14.8. The van der Waals surface area contributed by atoms with Crippen LogP contribution in [0.3, 0.4) is 0 Å². The second-order valence-electron chi connectivity index (χ2n) is 14.8. The minimum Gasteiger partial charge on any atom is -0.496 e. The van der Waals surface area contributed by atoms with Gasteiger partial charge in [0.05, 0.1) is 25.8 Å². The molecule has 1 unspecified atom stereocenters. The van der Waals surface area contributed by atoms with Crippen LogP contribution < -0.4 is 15.0 Å². The number of likely N-dealkylation sites (N-methyl/N-ethyl adjacent to an activating group) is 1. The first-order chi connectivity index (χ1) is 23.1. The van der Waals surface area contributed by atoms with Gasteiger partial charge in [0.15, 0.2) is 0 Å². The topological polar surface area (TPSA) is 91.0 Å². The van der Waals surface area contributed by atoms with Crippen LogP contribution in [0.5, 0.6) is 11.5 Å². The summed E-state index contributed by atoms with van der Waals surface area (Å²) in [7, 11) is 7.32. The van der Waals surface area contributed by atoms with Gasteiger partial charge in [0, 0.05) is 63.1 Å². The Morgan fingerprint density at radius 3 is 2.33 bits per heavy atom. The van der Waals surface area contributed by atoms with Crippen molar-refractivity contribution in [3.63, 3.8) is 0 Å². The number of aromatic nitrogens is 1. The molecule has 0 saturated carbocycles. The van der Waals surface area contributed by atoms with E-state index in [-0.39, 0.29) is 28.5 Å². The Kier molecular flexibility index (Phi) is 10.4. The molecule has 9 nitrogen and oxygen atoms in total. The Labute approximate surface area is 291 Å². The van der Waals surface area contributed by atoms with Crippen molar-refractivity contribution in [3.8, 4) is 28.7 Å². The molecule has 260 valence electrons. The highest BCUT2D eigenvalue weighted by Crippen LogP contribution is 2.38. The highest BCUT2D eigenvalue weighted by Gasteiger charge is 2.33. The fourth-order valence-corrected chi connectivity index (χ4v) is 7.12. The first kappa shape index (κ1) is 35.9. The number of fused-ring (bicyclic) bond motifs is 1. The van der Waals surface area contributed by atoms with Gasteiger partial charge >= 0.3 is 0 Å². The molecule has 3 aromatic rings. The zero-order valence-corrected chi connectivity index (χ0v) is 30.8. The lowest BCUT2D eigenvalue weighted by molar-refractivity contribution is -0.129. The van der Waals surface area contributed by atoms with Crippen LogP contribution in [0.25, 0.3) is 11.1 Å². The van der Waals surface area contributed by atoms with Gasteiger partial charge < -0.3 is 18.9 Å². The first-order valence-electron chi connectivity index (χ1n) is 17.1. The van der Waals surface area contributed by atoms with Crippen molar-refractivity contribution in [2.45, 2.75) is 73.1 Å². The van der Waals surface area contributed by atoms with Crippen LogP contribution in [0.2, 0.25) is 0 Å². The number of methoxy groups -OCH3 is 2. The third-order valence-electron chi connectivity index (χ3n) is 10.2. The maximum atomic E-state index is 13.4. The fourth-order valence-electron chi connectivity index (χ4n) is 7.12. The Morgan fingerprint density at radius 2 is 1.73 bits per heavy atom. The number of allylic oxidation sites excluding steroid dienone is 1. The molecule has 1 atom stereocenters. The van der Waals surface area contributed by atoms with Crippen LogP contribution in [0.1, 0.15) is 67.1 Å². The van der Waals surface area contributed by atoms with Gasteiger partial charge in [-0.2, -0.15) is 5.26 Å². The number of benzene rings is 2. The van der Waals surface area contributed by atoms with E-state index in [2.05, 4.69) is 48.0 Å². The summed E-state index contributed by atoms with van der Waals surface area (Å²) < 4.78 is 13.4. The van der Waals surface area contributed by atoms with Crippen LogP contribution in [0, 0.1) is 30.6 Å². The number of hydrogen-bond acceptors (Lipinski definition) is 7. The molecule has 1 fully saturated rings. The van der Waals surface area contributed by atoms with Crippen molar-refractivity contribution < 1.29 is 14.3 Å². The minimum absolute atomic E-state index is 0.00764. The lowest BCUT2D eigenvalue weighted by Gasteiger charge is -2.44. The van der Waals surface area contributed by atoms with E-state index in [0.29, 0.717) is 19.1 Å². The molecule has 49 heavy (non-hydrogen) atoms. The summed E-state index contributed by atoms with van der Waals surface area (Å²) in [5, 5.41) is 9.74. The molecular formula is C40H51N5O4. The smallest absolute Gasteiger partial charge is 0.264 e. The number of amides is 1. The normalized spacial score (nSPS) is 17.1. The van der Waals surface area contributed by atoms with Gasteiger partial charge in [-0.3, -0.25) is 19.4 Å². The summed E-state index contributed by atoms with van der Waals surface area (Å²) in [4.78, 5) is 32.5. The SMILES string of the molecule is COc1cc(-c2cn(C)c(=O)c(C)c2C)cc(OC)c1CN1CC(N(C)Cc2ccc3c(c2)C(C)N(C(=O)C(C#N)=CC(C)(C)C)CC3)C1. The number of aryl methyl sites for hydroxylation is 1.